The summed E-state index contributed by atoms with van der Waals surface area (Å²) in [5.41, 5.74) is -1.13. The van der Waals surface area contributed by atoms with Crippen molar-refractivity contribution < 1.29 is 57.8 Å². The van der Waals surface area contributed by atoms with E-state index in [4.69, 9.17) is 28.4 Å². The summed E-state index contributed by atoms with van der Waals surface area (Å²) in [7, 11) is 0. The molecule has 2 heterocycles. The molecular formula is C47H61NO12. The van der Waals surface area contributed by atoms with Gasteiger partial charge in [-0.05, 0) is 67.9 Å². The van der Waals surface area contributed by atoms with E-state index in [0.29, 0.717) is 23.1 Å². The number of hydrogen-bond donors (Lipinski definition) is 3. The molecule has 326 valence electrons. The Bertz CT molecular complexity index is 1970. The van der Waals surface area contributed by atoms with E-state index in [1.54, 1.807) is 68.4 Å². The highest BCUT2D eigenvalue weighted by molar-refractivity contribution is 5.89. The van der Waals surface area contributed by atoms with Gasteiger partial charge >= 0.3 is 17.9 Å². The summed E-state index contributed by atoms with van der Waals surface area (Å²) in [5.74, 6) is -5.10. The number of rotatable bonds is 12. The van der Waals surface area contributed by atoms with E-state index >= 15 is 0 Å². The van der Waals surface area contributed by atoms with Gasteiger partial charge in [0.2, 0.25) is 5.91 Å². The third-order valence-corrected chi connectivity index (χ3v) is 14.0. The molecule has 5 aliphatic rings. The van der Waals surface area contributed by atoms with Gasteiger partial charge in [0.05, 0.1) is 36.3 Å². The highest BCUT2D eigenvalue weighted by Gasteiger charge is 2.76. The second-order valence-electron chi connectivity index (χ2n) is 18.6. The number of benzene rings is 2. The number of aliphatic hydroxyl groups is 2. The van der Waals surface area contributed by atoms with Crippen LogP contribution in [0.3, 0.4) is 0 Å². The molecule has 0 radical (unpaired) electrons. The van der Waals surface area contributed by atoms with Gasteiger partial charge in [-0.1, -0.05) is 89.1 Å². The summed E-state index contributed by atoms with van der Waals surface area (Å²) in [6.07, 6.45) is -4.28. The van der Waals surface area contributed by atoms with Gasteiger partial charge < -0.3 is 44.0 Å². The fourth-order valence-corrected chi connectivity index (χ4v) is 11.1. The lowest BCUT2D eigenvalue weighted by atomic mass is 9.45. The molecule has 2 bridgehead atoms. The molecule has 2 aliphatic heterocycles. The summed E-state index contributed by atoms with van der Waals surface area (Å²) in [4.78, 5) is 54.9. The van der Waals surface area contributed by atoms with Gasteiger partial charge in [-0.3, -0.25) is 9.59 Å². The molecule has 2 saturated heterocycles. The van der Waals surface area contributed by atoms with Gasteiger partial charge in [-0.25, -0.2) is 9.59 Å². The van der Waals surface area contributed by atoms with Crippen molar-refractivity contribution in [3.05, 3.63) is 82.9 Å². The first-order valence-corrected chi connectivity index (χ1v) is 21.4. The Morgan fingerprint density at radius 3 is 2.20 bits per heavy atom. The predicted molar refractivity (Wildman–Crippen MR) is 218 cm³/mol. The number of carbonyl (C=O) groups excluding carboxylic acids is 4. The van der Waals surface area contributed by atoms with Crippen LogP contribution in [0.4, 0.5) is 0 Å². The van der Waals surface area contributed by atoms with Crippen molar-refractivity contribution in [2.75, 3.05) is 6.61 Å². The highest BCUT2D eigenvalue weighted by atomic mass is 16.8. The number of ether oxygens (including phenoxy) is 6. The lowest BCUT2D eigenvalue weighted by molar-refractivity contribution is -0.352. The number of nitrogens with one attached hydrogen (secondary N) is 1. The maximum Gasteiger partial charge on any atom is 0.338 e. The van der Waals surface area contributed by atoms with E-state index < -0.39 is 101 Å². The second kappa shape index (κ2) is 16.6. The van der Waals surface area contributed by atoms with E-state index in [0.717, 1.165) is 18.4 Å². The summed E-state index contributed by atoms with van der Waals surface area (Å²) >= 11 is 0. The average molecular weight is 832 g/mol. The number of amides is 1. The molecule has 13 heteroatoms. The van der Waals surface area contributed by atoms with Crippen molar-refractivity contribution in [2.24, 2.45) is 22.7 Å². The Hall–Kier alpha value is -4.14. The third-order valence-electron chi connectivity index (χ3n) is 14.0. The molecule has 4 fully saturated rings. The molecule has 7 rings (SSSR count). The third kappa shape index (κ3) is 7.69. The predicted octanol–water partition coefficient (Wildman–Crippen LogP) is 5.91. The van der Waals surface area contributed by atoms with Crippen molar-refractivity contribution in [1.29, 1.82) is 0 Å². The topological polar surface area (TPSA) is 176 Å². The maximum atomic E-state index is 14.4. The van der Waals surface area contributed by atoms with Crippen molar-refractivity contribution >= 4 is 23.8 Å². The lowest BCUT2D eigenvalue weighted by Gasteiger charge is -2.67. The molecule has 0 spiro atoms. The van der Waals surface area contributed by atoms with E-state index in [2.05, 4.69) is 5.32 Å². The Kier molecular flexibility index (Phi) is 12.2. The first kappa shape index (κ1) is 43.9. The first-order valence-electron chi connectivity index (χ1n) is 21.4. The normalized spacial score (nSPS) is 34.5. The molecule has 2 saturated carbocycles. The zero-order valence-electron chi connectivity index (χ0n) is 36.0. The number of unbranched alkanes of at least 4 members (excludes halogenated alkanes) is 2. The van der Waals surface area contributed by atoms with Crippen molar-refractivity contribution in [2.45, 2.75) is 154 Å². The van der Waals surface area contributed by atoms with Crippen molar-refractivity contribution in [3.63, 3.8) is 0 Å². The van der Waals surface area contributed by atoms with Gasteiger partial charge in [0.1, 0.15) is 24.4 Å². The minimum atomic E-state index is -1.78. The Labute approximate surface area is 352 Å². The zero-order valence-corrected chi connectivity index (χ0v) is 36.0. The zero-order chi connectivity index (χ0) is 43.4. The number of aliphatic hydroxyl groups excluding tert-OH is 2. The summed E-state index contributed by atoms with van der Waals surface area (Å²) < 4.78 is 39.2. The standard InChI is InChI=1S/C47H61NO12/c1-9-10-13-22-34(51)48-36(28-18-14-11-15-19-28)37(52)43(54)56-31-23-30-38(57-42(53)29-20-16-12-17-21-29)40-46(8,32(50)24-33-47(40,25-55-33)58-27(3)49)41-39(59-45(6,7)60-41)35(26(31)2)44(30,4)5/h11-12,14-21,30-33,36-41,50,52H,9-10,13,22-25H2,1-8H3,(H,48,51)/t30?,31-,32-,33+,36-,37+,38+,39+,40-,41-,46+,47-/m0/s1. The van der Waals surface area contributed by atoms with Crippen LogP contribution in [0.15, 0.2) is 71.8 Å². The fourth-order valence-electron chi connectivity index (χ4n) is 11.1. The van der Waals surface area contributed by atoms with Gasteiger partial charge in [0.25, 0.3) is 0 Å². The van der Waals surface area contributed by atoms with Crippen LogP contribution in [0.25, 0.3) is 0 Å². The van der Waals surface area contributed by atoms with Crippen LogP contribution in [0.2, 0.25) is 0 Å². The highest BCUT2D eigenvalue weighted by Crippen LogP contribution is 2.66. The molecule has 60 heavy (non-hydrogen) atoms. The van der Waals surface area contributed by atoms with Crippen molar-refractivity contribution in [3.8, 4) is 0 Å². The smallest absolute Gasteiger partial charge is 0.338 e. The van der Waals surface area contributed by atoms with E-state index in [9.17, 15) is 29.4 Å². The van der Waals surface area contributed by atoms with E-state index in [1.807, 2.05) is 40.7 Å². The summed E-state index contributed by atoms with van der Waals surface area (Å²) in [5, 5.41) is 27.0. The number of hydrogen-bond acceptors (Lipinski definition) is 12. The quantitative estimate of drug-likeness (QED) is 0.100. The molecule has 1 amide bonds. The molecule has 3 N–H and O–H groups in total. The van der Waals surface area contributed by atoms with Crippen LogP contribution in [-0.2, 0) is 42.8 Å². The van der Waals surface area contributed by atoms with Crippen LogP contribution in [0.5, 0.6) is 0 Å². The molecule has 2 aromatic rings. The second-order valence-corrected chi connectivity index (χ2v) is 18.6. The van der Waals surface area contributed by atoms with Crippen LogP contribution in [-0.4, -0.2) is 94.8 Å². The fraction of sp³-hybridized carbons (Fsp3) is 0.617. The Balaban J connectivity index is 1.35. The monoisotopic (exact) mass is 831 g/mol. The number of esters is 3. The molecule has 13 nitrogen and oxygen atoms in total. The molecule has 3 aliphatic carbocycles. The molecule has 12 atom stereocenters. The number of carbonyl (C=O) groups is 4. The largest absolute Gasteiger partial charge is 0.458 e. The minimum Gasteiger partial charge on any atom is -0.458 e. The average Bonchev–Trinajstić information content (AvgIpc) is 3.52. The van der Waals surface area contributed by atoms with E-state index in [-0.39, 0.29) is 31.8 Å². The summed E-state index contributed by atoms with van der Waals surface area (Å²) in [6, 6.07) is 16.3. The SMILES string of the molecule is CCCCCC(=O)N[C@@H](c1ccccc1)[C@@H](O)C(=O)O[C@H]1CC2[C@@H](OC(=O)c3ccccc3)[C@@H]3[C@]4(OC(C)=O)CO[C@@H]4C[C@H](O)[C@@]3(C)[C@H]3OC(C)(C)O[C@@H]3C(=C1C)C2(C)C. The molecule has 0 aromatic heterocycles. The van der Waals surface area contributed by atoms with E-state index in [1.165, 1.54) is 6.92 Å². The van der Waals surface area contributed by atoms with Gasteiger partial charge in [-0.2, -0.15) is 0 Å². The summed E-state index contributed by atoms with van der Waals surface area (Å²) in [6.45, 7) is 14.8. The van der Waals surface area contributed by atoms with Crippen LogP contribution in [0.1, 0.15) is 116 Å². The Morgan fingerprint density at radius 1 is 0.917 bits per heavy atom. The lowest BCUT2D eigenvalue weighted by Crippen LogP contribution is -2.79. The van der Waals surface area contributed by atoms with Crippen LogP contribution in [0, 0.1) is 22.7 Å². The first-order chi connectivity index (χ1) is 28.4. The van der Waals surface area contributed by atoms with Gasteiger partial charge in [-0.15, -0.1) is 0 Å². The van der Waals surface area contributed by atoms with Crippen LogP contribution >= 0.6 is 0 Å². The Morgan fingerprint density at radius 2 is 1.58 bits per heavy atom. The minimum absolute atomic E-state index is 0.00420. The maximum absolute atomic E-state index is 14.4. The number of fused-ring (bicyclic) bond motifs is 8. The van der Waals surface area contributed by atoms with Gasteiger partial charge in [0, 0.05) is 31.1 Å². The van der Waals surface area contributed by atoms with Crippen molar-refractivity contribution in [1.82, 2.24) is 5.32 Å². The molecule has 1 unspecified atom stereocenters. The molecule has 2 aromatic carbocycles. The molecular weight excluding hydrogens is 771 g/mol. The van der Waals surface area contributed by atoms with Crippen LogP contribution < -0.4 is 5.32 Å². The van der Waals surface area contributed by atoms with Gasteiger partial charge in [0.15, 0.2) is 17.5 Å².